The van der Waals surface area contributed by atoms with E-state index in [2.05, 4.69) is 37.2 Å². The summed E-state index contributed by atoms with van der Waals surface area (Å²) >= 11 is 6.62. The summed E-state index contributed by atoms with van der Waals surface area (Å²) in [4.78, 5) is 12.1. The van der Waals surface area contributed by atoms with Crippen molar-refractivity contribution in [2.75, 3.05) is 0 Å². The predicted octanol–water partition coefficient (Wildman–Crippen LogP) is 4.59. The Hall–Kier alpha value is -1.20. The molecule has 0 heterocycles. The lowest BCUT2D eigenvalue weighted by atomic mass is 10.1. The van der Waals surface area contributed by atoms with Gasteiger partial charge in [0.2, 0.25) is 0 Å². The second-order valence-corrected chi connectivity index (χ2v) is 6.17. The van der Waals surface area contributed by atoms with E-state index < -0.39 is 0 Å². The number of hydrogen-bond donors (Lipinski definition) is 1. The standard InChI is InChI=1S/C15H12Br2FNO/c1-9-2-4-13(17)12(6-9)15(20)19-8-10-7-11(16)3-5-14(10)18/h2-7H,8H2,1H3,(H,19,20). The van der Waals surface area contributed by atoms with Crippen molar-refractivity contribution in [3.63, 3.8) is 0 Å². The van der Waals surface area contributed by atoms with Gasteiger partial charge in [-0.25, -0.2) is 4.39 Å². The van der Waals surface area contributed by atoms with Gasteiger partial charge in [-0.3, -0.25) is 4.79 Å². The Bertz CT molecular complexity index is 658. The molecule has 104 valence electrons. The monoisotopic (exact) mass is 399 g/mol. The van der Waals surface area contributed by atoms with Crippen LogP contribution in [0.25, 0.3) is 0 Å². The molecule has 0 saturated carbocycles. The number of amides is 1. The molecule has 0 spiro atoms. The molecule has 0 aliphatic rings. The van der Waals surface area contributed by atoms with Gasteiger partial charge in [0.1, 0.15) is 5.82 Å². The third kappa shape index (κ3) is 3.67. The molecule has 0 saturated heterocycles. The second-order valence-electron chi connectivity index (χ2n) is 4.40. The molecule has 2 rings (SSSR count). The summed E-state index contributed by atoms with van der Waals surface area (Å²) in [6, 6.07) is 10.2. The van der Waals surface area contributed by atoms with Crippen molar-refractivity contribution in [2.24, 2.45) is 0 Å². The number of halogens is 3. The van der Waals surface area contributed by atoms with Crippen LogP contribution in [-0.2, 0) is 6.54 Å². The van der Waals surface area contributed by atoms with Gasteiger partial charge in [0.25, 0.3) is 5.91 Å². The Balaban J connectivity index is 2.12. The third-order valence-corrected chi connectivity index (χ3v) is 4.00. The van der Waals surface area contributed by atoms with Gasteiger partial charge < -0.3 is 5.32 Å². The smallest absolute Gasteiger partial charge is 0.252 e. The Morgan fingerprint density at radius 1 is 1.20 bits per heavy atom. The summed E-state index contributed by atoms with van der Waals surface area (Å²) in [5.41, 5.74) is 1.98. The Kier molecular flexibility index (Phi) is 4.94. The van der Waals surface area contributed by atoms with Crippen LogP contribution in [0.3, 0.4) is 0 Å². The van der Waals surface area contributed by atoms with Crippen molar-refractivity contribution in [1.82, 2.24) is 5.32 Å². The number of nitrogens with one attached hydrogen (secondary N) is 1. The first-order valence-electron chi connectivity index (χ1n) is 5.95. The first-order valence-corrected chi connectivity index (χ1v) is 7.54. The SMILES string of the molecule is Cc1ccc(Br)c(C(=O)NCc2cc(Br)ccc2F)c1. The quantitative estimate of drug-likeness (QED) is 0.802. The number of benzene rings is 2. The van der Waals surface area contributed by atoms with Crippen LogP contribution < -0.4 is 5.32 Å². The van der Waals surface area contributed by atoms with Gasteiger partial charge in [-0.15, -0.1) is 0 Å². The van der Waals surface area contributed by atoms with Crippen molar-refractivity contribution in [3.8, 4) is 0 Å². The molecule has 0 aliphatic carbocycles. The Morgan fingerprint density at radius 2 is 1.95 bits per heavy atom. The summed E-state index contributed by atoms with van der Waals surface area (Å²) in [5.74, 6) is -0.572. The average Bonchev–Trinajstić information content (AvgIpc) is 2.42. The Morgan fingerprint density at radius 3 is 2.70 bits per heavy atom. The van der Waals surface area contributed by atoms with Gasteiger partial charge in [-0.05, 0) is 53.2 Å². The molecule has 2 aromatic rings. The van der Waals surface area contributed by atoms with Gasteiger partial charge in [0, 0.05) is 21.1 Å². The highest BCUT2D eigenvalue weighted by atomic mass is 79.9. The fourth-order valence-electron chi connectivity index (χ4n) is 1.76. The number of carbonyl (C=O) groups is 1. The molecule has 20 heavy (non-hydrogen) atoms. The van der Waals surface area contributed by atoms with E-state index in [-0.39, 0.29) is 18.3 Å². The van der Waals surface area contributed by atoms with E-state index in [4.69, 9.17) is 0 Å². The van der Waals surface area contributed by atoms with E-state index in [0.717, 1.165) is 14.5 Å². The maximum atomic E-state index is 13.6. The lowest BCUT2D eigenvalue weighted by Crippen LogP contribution is -2.23. The summed E-state index contributed by atoms with van der Waals surface area (Å²) in [6.45, 7) is 2.06. The summed E-state index contributed by atoms with van der Waals surface area (Å²) < 4.78 is 15.1. The highest BCUT2D eigenvalue weighted by molar-refractivity contribution is 9.10. The maximum Gasteiger partial charge on any atom is 0.252 e. The van der Waals surface area contributed by atoms with E-state index in [1.165, 1.54) is 6.07 Å². The zero-order chi connectivity index (χ0) is 14.7. The average molecular weight is 401 g/mol. The minimum Gasteiger partial charge on any atom is -0.348 e. The largest absolute Gasteiger partial charge is 0.348 e. The van der Waals surface area contributed by atoms with Crippen LogP contribution in [0.5, 0.6) is 0 Å². The molecule has 2 aromatic carbocycles. The van der Waals surface area contributed by atoms with Crippen molar-refractivity contribution in [1.29, 1.82) is 0 Å². The molecular weight excluding hydrogens is 389 g/mol. The van der Waals surface area contributed by atoms with Gasteiger partial charge in [0.05, 0.1) is 5.56 Å². The first kappa shape index (κ1) is 15.2. The molecular formula is C15H12Br2FNO. The second kappa shape index (κ2) is 6.50. The number of carbonyl (C=O) groups excluding carboxylic acids is 1. The van der Waals surface area contributed by atoms with Gasteiger partial charge in [0.15, 0.2) is 0 Å². The lowest BCUT2D eigenvalue weighted by Gasteiger charge is -2.09. The van der Waals surface area contributed by atoms with Gasteiger partial charge in [-0.1, -0.05) is 27.6 Å². The molecule has 0 aromatic heterocycles. The number of rotatable bonds is 3. The third-order valence-electron chi connectivity index (χ3n) is 2.81. The lowest BCUT2D eigenvalue weighted by molar-refractivity contribution is 0.0949. The Labute approximate surface area is 133 Å². The number of hydrogen-bond acceptors (Lipinski definition) is 1. The topological polar surface area (TPSA) is 29.1 Å². The summed E-state index contributed by atoms with van der Waals surface area (Å²) in [7, 11) is 0. The highest BCUT2D eigenvalue weighted by Gasteiger charge is 2.11. The van der Waals surface area contributed by atoms with Gasteiger partial charge >= 0.3 is 0 Å². The first-order chi connectivity index (χ1) is 9.47. The molecule has 0 fully saturated rings. The van der Waals surface area contributed by atoms with Crippen LogP contribution in [0.4, 0.5) is 4.39 Å². The zero-order valence-electron chi connectivity index (χ0n) is 10.7. The highest BCUT2D eigenvalue weighted by Crippen LogP contribution is 2.19. The molecule has 0 radical (unpaired) electrons. The normalized spacial score (nSPS) is 10.4. The fraction of sp³-hybridized carbons (Fsp3) is 0.133. The minimum atomic E-state index is -0.336. The van der Waals surface area contributed by atoms with E-state index in [9.17, 15) is 9.18 Å². The molecule has 0 atom stereocenters. The molecule has 2 nitrogen and oxygen atoms in total. The van der Waals surface area contributed by atoms with Crippen molar-refractivity contribution >= 4 is 37.8 Å². The van der Waals surface area contributed by atoms with E-state index >= 15 is 0 Å². The van der Waals surface area contributed by atoms with Crippen LogP contribution >= 0.6 is 31.9 Å². The summed E-state index contributed by atoms with van der Waals surface area (Å²) in [6.07, 6.45) is 0. The zero-order valence-corrected chi connectivity index (χ0v) is 13.9. The van der Waals surface area contributed by atoms with E-state index in [1.807, 2.05) is 19.1 Å². The predicted molar refractivity (Wildman–Crippen MR) is 84.1 cm³/mol. The van der Waals surface area contributed by atoms with Crippen LogP contribution in [0.15, 0.2) is 45.3 Å². The molecule has 0 unspecified atom stereocenters. The van der Waals surface area contributed by atoms with Crippen LogP contribution in [0.2, 0.25) is 0 Å². The van der Waals surface area contributed by atoms with Crippen LogP contribution in [0, 0.1) is 12.7 Å². The molecule has 5 heteroatoms. The maximum absolute atomic E-state index is 13.6. The van der Waals surface area contributed by atoms with Crippen LogP contribution in [-0.4, -0.2) is 5.91 Å². The van der Waals surface area contributed by atoms with Crippen molar-refractivity contribution in [2.45, 2.75) is 13.5 Å². The molecule has 0 aliphatic heterocycles. The van der Waals surface area contributed by atoms with Crippen molar-refractivity contribution in [3.05, 3.63) is 67.9 Å². The van der Waals surface area contributed by atoms with E-state index in [0.29, 0.717) is 11.1 Å². The summed E-state index contributed by atoms with van der Waals surface area (Å²) in [5, 5.41) is 2.72. The minimum absolute atomic E-state index is 0.143. The van der Waals surface area contributed by atoms with Crippen LogP contribution in [0.1, 0.15) is 21.5 Å². The molecule has 1 amide bonds. The van der Waals surface area contributed by atoms with Crippen molar-refractivity contribution < 1.29 is 9.18 Å². The molecule has 1 N–H and O–H groups in total. The van der Waals surface area contributed by atoms with Gasteiger partial charge in [-0.2, -0.15) is 0 Å². The number of aryl methyl sites for hydroxylation is 1. The fourth-order valence-corrected chi connectivity index (χ4v) is 2.60. The van der Waals surface area contributed by atoms with E-state index in [1.54, 1.807) is 18.2 Å². The molecule has 0 bridgehead atoms.